The molecular weight excluding hydrogens is 310 g/mol. The van der Waals surface area contributed by atoms with E-state index < -0.39 is 5.38 Å². The standard InChI is InChI=1S/C14H22ClN3O4/c1-4-21-7-5-6-18(14(20)11(3)15)9-13(19)16-12-8-10(2)22-17-12/h8,11H,4-7,9H2,1-3H3,(H,16,17,19). The molecule has 1 aromatic rings. The van der Waals surface area contributed by atoms with Crippen molar-refractivity contribution in [3.8, 4) is 0 Å². The van der Waals surface area contributed by atoms with Gasteiger partial charge < -0.3 is 19.5 Å². The van der Waals surface area contributed by atoms with Gasteiger partial charge in [0, 0.05) is 25.8 Å². The van der Waals surface area contributed by atoms with Gasteiger partial charge in [0.25, 0.3) is 0 Å². The molecule has 0 fully saturated rings. The average molecular weight is 332 g/mol. The molecule has 0 aliphatic heterocycles. The minimum Gasteiger partial charge on any atom is -0.382 e. The van der Waals surface area contributed by atoms with E-state index in [1.54, 1.807) is 19.9 Å². The fourth-order valence-corrected chi connectivity index (χ4v) is 1.94. The number of ether oxygens (including phenoxy) is 1. The Balaban J connectivity index is 2.54. The first-order chi connectivity index (χ1) is 10.4. The molecule has 22 heavy (non-hydrogen) atoms. The number of rotatable bonds is 9. The van der Waals surface area contributed by atoms with E-state index in [1.807, 2.05) is 6.92 Å². The van der Waals surface area contributed by atoms with Gasteiger partial charge in [0.05, 0.1) is 6.54 Å². The summed E-state index contributed by atoms with van der Waals surface area (Å²) in [5.74, 6) is 0.275. The molecule has 0 aromatic carbocycles. The lowest BCUT2D eigenvalue weighted by Gasteiger charge is -2.23. The van der Waals surface area contributed by atoms with E-state index in [2.05, 4.69) is 10.5 Å². The molecule has 2 amide bonds. The molecule has 124 valence electrons. The van der Waals surface area contributed by atoms with Crippen LogP contribution in [0.5, 0.6) is 0 Å². The van der Waals surface area contributed by atoms with E-state index in [0.29, 0.717) is 37.8 Å². The van der Waals surface area contributed by atoms with Crippen LogP contribution < -0.4 is 5.32 Å². The van der Waals surface area contributed by atoms with Crippen molar-refractivity contribution in [1.29, 1.82) is 0 Å². The van der Waals surface area contributed by atoms with Crippen molar-refractivity contribution in [3.05, 3.63) is 11.8 Å². The second-order valence-electron chi connectivity index (χ2n) is 4.80. The maximum Gasteiger partial charge on any atom is 0.245 e. The molecule has 1 aromatic heterocycles. The number of hydrogen-bond acceptors (Lipinski definition) is 5. The predicted octanol–water partition coefficient (Wildman–Crippen LogP) is 1.80. The molecule has 0 radical (unpaired) electrons. The van der Waals surface area contributed by atoms with Gasteiger partial charge in [-0.05, 0) is 27.2 Å². The number of carbonyl (C=O) groups is 2. The largest absolute Gasteiger partial charge is 0.382 e. The van der Waals surface area contributed by atoms with E-state index in [4.69, 9.17) is 20.9 Å². The SMILES string of the molecule is CCOCCCN(CC(=O)Nc1cc(C)on1)C(=O)C(C)Cl. The number of amides is 2. The zero-order valence-corrected chi connectivity index (χ0v) is 13.9. The van der Waals surface area contributed by atoms with E-state index in [1.165, 1.54) is 4.90 Å². The molecule has 0 aliphatic rings. The highest BCUT2D eigenvalue weighted by atomic mass is 35.5. The van der Waals surface area contributed by atoms with Crippen LogP contribution in [0.3, 0.4) is 0 Å². The third-order valence-corrected chi connectivity index (χ3v) is 2.99. The van der Waals surface area contributed by atoms with Gasteiger partial charge in [0.1, 0.15) is 11.1 Å². The van der Waals surface area contributed by atoms with Gasteiger partial charge in [-0.3, -0.25) is 9.59 Å². The molecule has 0 saturated heterocycles. The van der Waals surface area contributed by atoms with Crippen LogP contribution in [0.2, 0.25) is 0 Å². The lowest BCUT2D eigenvalue weighted by Crippen LogP contribution is -2.42. The van der Waals surface area contributed by atoms with Crippen LogP contribution in [-0.2, 0) is 14.3 Å². The normalized spacial score (nSPS) is 12.0. The molecular formula is C14H22ClN3O4. The van der Waals surface area contributed by atoms with Gasteiger partial charge in [-0.1, -0.05) is 5.16 Å². The first-order valence-corrected chi connectivity index (χ1v) is 7.61. The number of carbonyl (C=O) groups excluding carboxylic acids is 2. The van der Waals surface area contributed by atoms with Crippen LogP contribution in [-0.4, -0.2) is 53.6 Å². The predicted molar refractivity (Wildman–Crippen MR) is 82.9 cm³/mol. The third kappa shape index (κ3) is 6.44. The van der Waals surface area contributed by atoms with Crippen molar-refractivity contribution in [2.75, 3.05) is 31.6 Å². The first-order valence-electron chi connectivity index (χ1n) is 7.17. The highest BCUT2D eigenvalue weighted by Gasteiger charge is 2.21. The number of anilines is 1. The number of alkyl halides is 1. The maximum absolute atomic E-state index is 12.0. The third-order valence-electron chi connectivity index (χ3n) is 2.80. The topological polar surface area (TPSA) is 84.7 Å². The Hall–Kier alpha value is -1.60. The quantitative estimate of drug-likeness (QED) is 0.551. The highest BCUT2D eigenvalue weighted by molar-refractivity contribution is 6.30. The summed E-state index contributed by atoms with van der Waals surface area (Å²) in [6.45, 7) is 6.67. The second-order valence-corrected chi connectivity index (χ2v) is 5.45. The molecule has 8 heteroatoms. The fraction of sp³-hybridized carbons (Fsp3) is 0.643. The van der Waals surface area contributed by atoms with Crippen LogP contribution in [0.4, 0.5) is 5.82 Å². The molecule has 0 saturated carbocycles. The van der Waals surface area contributed by atoms with Crippen molar-refractivity contribution in [1.82, 2.24) is 10.1 Å². The molecule has 1 rings (SSSR count). The number of nitrogens with zero attached hydrogens (tertiary/aromatic N) is 2. The van der Waals surface area contributed by atoms with Gasteiger partial charge in [-0.25, -0.2) is 0 Å². The molecule has 0 aliphatic carbocycles. The fourth-order valence-electron chi connectivity index (χ4n) is 1.80. The van der Waals surface area contributed by atoms with Crippen LogP contribution in [0, 0.1) is 6.92 Å². The van der Waals surface area contributed by atoms with Crippen molar-refractivity contribution in [2.45, 2.75) is 32.6 Å². The maximum atomic E-state index is 12.0. The lowest BCUT2D eigenvalue weighted by atomic mass is 10.3. The number of aromatic nitrogens is 1. The Morgan fingerprint density at radius 1 is 1.55 bits per heavy atom. The summed E-state index contributed by atoms with van der Waals surface area (Å²) in [7, 11) is 0. The van der Waals surface area contributed by atoms with Gasteiger partial charge >= 0.3 is 0 Å². The zero-order chi connectivity index (χ0) is 16.5. The minimum atomic E-state index is -0.686. The van der Waals surface area contributed by atoms with Crippen LogP contribution in [0.25, 0.3) is 0 Å². The summed E-state index contributed by atoms with van der Waals surface area (Å²) in [6, 6.07) is 1.60. The number of halogens is 1. The smallest absolute Gasteiger partial charge is 0.245 e. The lowest BCUT2D eigenvalue weighted by molar-refractivity contribution is -0.134. The molecule has 0 spiro atoms. The summed E-state index contributed by atoms with van der Waals surface area (Å²) in [5.41, 5.74) is 0. The number of hydrogen-bond donors (Lipinski definition) is 1. The molecule has 7 nitrogen and oxygen atoms in total. The molecule has 1 unspecified atom stereocenters. The van der Waals surface area contributed by atoms with Gasteiger partial charge in [-0.2, -0.15) is 0 Å². The number of nitrogens with one attached hydrogen (secondary N) is 1. The molecule has 1 atom stereocenters. The van der Waals surface area contributed by atoms with E-state index in [-0.39, 0.29) is 18.4 Å². The van der Waals surface area contributed by atoms with Crippen molar-refractivity contribution in [2.24, 2.45) is 0 Å². The zero-order valence-electron chi connectivity index (χ0n) is 13.1. The summed E-state index contributed by atoms with van der Waals surface area (Å²) >= 11 is 5.83. The summed E-state index contributed by atoms with van der Waals surface area (Å²) in [4.78, 5) is 25.4. The molecule has 1 N–H and O–H groups in total. The summed E-state index contributed by atoms with van der Waals surface area (Å²) in [5, 5.41) is 5.56. The Morgan fingerprint density at radius 3 is 2.82 bits per heavy atom. The molecule has 1 heterocycles. The Labute approximate surface area is 134 Å². The minimum absolute atomic E-state index is 0.0894. The van der Waals surface area contributed by atoms with Gasteiger partial charge in [-0.15, -0.1) is 11.6 Å². The average Bonchev–Trinajstić information content (AvgIpc) is 2.86. The van der Waals surface area contributed by atoms with E-state index in [9.17, 15) is 9.59 Å². The Morgan fingerprint density at radius 2 is 2.27 bits per heavy atom. The van der Waals surface area contributed by atoms with Crippen LogP contribution >= 0.6 is 11.6 Å². The Bertz CT molecular complexity index is 490. The van der Waals surface area contributed by atoms with E-state index in [0.717, 1.165) is 0 Å². The summed E-state index contributed by atoms with van der Waals surface area (Å²) in [6.07, 6.45) is 0.638. The van der Waals surface area contributed by atoms with Crippen LogP contribution in [0.1, 0.15) is 26.0 Å². The second kappa shape index (κ2) is 9.42. The van der Waals surface area contributed by atoms with Crippen LogP contribution in [0.15, 0.2) is 10.6 Å². The van der Waals surface area contributed by atoms with Gasteiger partial charge in [0.15, 0.2) is 5.82 Å². The van der Waals surface area contributed by atoms with Crippen molar-refractivity contribution >= 4 is 29.2 Å². The molecule has 0 bridgehead atoms. The van der Waals surface area contributed by atoms with Crippen molar-refractivity contribution < 1.29 is 18.8 Å². The Kier molecular flexibility index (Phi) is 7.90. The van der Waals surface area contributed by atoms with Gasteiger partial charge in [0.2, 0.25) is 11.8 Å². The first kappa shape index (κ1) is 18.4. The van der Waals surface area contributed by atoms with Crippen molar-refractivity contribution in [3.63, 3.8) is 0 Å². The number of aryl methyl sites for hydroxylation is 1. The highest BCUT2D eigenvalue weighted by Crippen LogP contribution is 2.08. The van der Waals surface area contributed by atoms with E-state index >= 15 is 0 Å². The monoisotopic (exact) mass is 331 g/mol. The summed E-state index contributed by atoms with van der Waals surface area (Å²) < 4.78 is 10.1.